The van der Waals surface area contributed by atoms with E-state index in [1.54, 1.807) is 0 Å². The van der Waals surface area contributed by atoms with Crippen molar-refractivity contribution in [2.24, 2.45) is 0 Å². The molecule has 4 rings (SSSR count). The first-order chi connectivity index (χ1) is 15.1. The van der Waals surface area contributed by atoms with E-state index in [2.05, 4.69) is 9.97 Å². The van der Waals surface area contributed by atoms with Crippen molar-refractivity contribution in [3.63, 3.8) is 0 Å². The highest BCUT2D eigenvalue weighted by Gasteiger charge is 2.14. The number of carbonyl (C=O) groups excluding carboxylic acids is 1. The average Bonchev–Trinajstić information content (AvgIpc) is 3.43. The van der Waals surface area contributed by atoms with Gasteiger partial charge in [-0.2, -0.15) is 0 Å². The van der Waals surface area contributed by atoms with Gasteiger partial charge in [-0.1, -0.05) is 29.8 Å². The minimum atomic E-state index is -0.366. The summed E-state index contributed by atoms with van der Waals surface area (Å²) >= 11 is 1.47. The van der Waals surface area contributed by atoms with Gasteiger partial charge in [0.25, 0.3) is 0 Å². The lowest BCUT2D eigenvalue weighted by Crippen LogP contribution is -2.08. The highest BCUT2D eigenvalue weighted by atomic mass is 32.1. The van der Waals surface area contributed by atoms with Crippen LogP contribution in [-0.2, 0) is 22.6 Å². The van der Waals surface area contributed by atoms with E-state index in [-0.39, 0.29) is 19.0 Å². The number of nitrogens with zero attached hydrogens (tertiary/aromatic N) is 2. The molecule has 0 fully saturated rings. The third kappa shape index (κ3) is 5.19. The van der Waals surface area contributed by atoms with Crippen LogP contribution in [0.25, 0.3) is 22.0 Å². The Bertz CT molecular complexity index is 1160. The monoisotopic (exact) mass is 434 g/mol. The lowest BCUT2D eigenvalue weighted by Gasteiger charge is -2.07. The number of aryl methyl sites for hydroxylation is 1. The number of hydrogen-bond donors (Lipinski definition) is 0. The fourth-order valence-corrected chi connectivity index (χ4v) is 3.84. The molecule has 0 saturated carbocycles. The van der Waals surface area contributed by atoms with Gasteiger partial charge in [-0.3, -0.25) is 4.79 Å². The molecule has 0 N–H and O–H groups in total. The van der Waals surface area contributed by atoms with Crippen LogP contribution in [0.15, 0.2) is 64.6 Å². The van der Waals surface area contributed by atoms with Crippen molar-refractivity contribution in [3.8, 4) is 27.8 Å². The van der Waals surface area contributed by atoms with Gasteiger partial charge in [-0.15, -0.1) is 11.3 Å². The smallest absolute Gasteiger partial charge is 0.312 e. The van der Waals surface area contributed by atoms with E-state index >= 15 is 0 Å². The summed E-state index contributed by atoms with van der Waals surface area (Å²) in [5.74, 6) is 0.918. The topological polar surface area (TPSA) is 74.5 Å². The number of benzene rings is 2. The zero-order chi connectivity index (χ0) is 21.6. The van der Waals surface area contributed by atoms with Gasteiger partial charge >= 0.3 is 5.97 Å². The predicted octanol–water partition coefficient (Wildman–Crippen LogP) is 5.46. The van der Waals surface area contributed by atoms with Gasteiger partial charge in [-0.25, -0.2) is 9.97 Å². The molecular formula is C24H22N2O4S. The number of esters is 1. The van der Waals surface area contributed by atoms with Crippen molar-refractivity contribution >= 4 is 17.3 Å². The van der Waals surface area contributed by atoms with Gasteiger partial charge in [0, 0.05) is 10.9 Å². The molecule has 6 nitrogen and oxygen atoms in total. The fraction of sp³-hybridized carbons (Fsp3) is 0.208. The number of rotatable bonds is 8. The predicted molar refractivity (Wildman–Crippen MR) is 119 cm³/mol. The molecule has 0 spiro atoms. The maximum atomic E-state index is 12.3. The number of thiazole rings is 1. The number of ether oxygens (including phenoxy) is 2. The average molecular weight is 435 g/mol. The van der Waals surface area contributed by atoms with E-state index in [4.69, 9.17) is 13.9 Å². The zero-order valence-corrected chi connectivity index (χ0v) is 18.1. The van der Waals surface area contributed by atoms with E-state index in [0.29, 0.717) is 23.9 Å². The Kier molecular flexibility index (Phi) is 6.43. The molecule has 0 saturated heterocycles. The van der Waals surface area contributed by atoms with Gasteiger partial charge in [0.1, 0.15) is 29.3 Å². The van der Waals surface area contributed by atoms with E-state index in [1.807, 2.05) is 67.8 Å². The van der Waals surface area contributed by atoms with Gasteiger partial charge < -0.3 is 13.9 Å². The molecular weight excluding hydrogens is 412 g/mol. The fourth-order valence-electron chi connectivity index (χ4n) is 2.99. The molecule has 2 heterocycles. The normalized spacial score (nSPS) is 10.8. The maximum Gasteiger partial charge on any atom is 0.312 e. The minimum absolute atomic E-state index is 0.0539. The molecule has 0 amide bonds. The lowest BCUT2D eigenvalue weighted by atomic mass is 10.1. The Hall–Kier alpha value is -3.45. The molecule has 2 aromatic heterocycles. The van der Waals surface area contributed by atoms with E-state index in [9.17, 15) is 4.79 Å². The highest BCUT2D eigenvalue weighted by molar-refractivity contribution is 7.13. The molecule has 0 aliphatic rings. The molecule has 31 heavy (non-hydrogen) atoms. The second kappa shape index (κ2) is 9.57. The van der Waals surface area contributed by atoms with E-state index < -0.39 is 0 Å². The minimum Gasteiger partial charge on any atom is -0.493 e. The van der Waals surface area contributed by atoms with E-state index in [1.165, 1.54) is 17.6 Å². The Morgan fingerprint density at radius 3 is 2.68 bits per heavy atom. The Balaban J connectivity index is 1.35. The van der Waals surface area contributed by atoms with Crippen molar-refractivity contribution in [2.45, 2.75) is 26.9 Å². The van der Waals surface area contributed by atoms with Crippen LogP contribution in [0.5, 0.6) is 5.75 Å². The Morgan fingerprint density at radius 1 is 1.06 bits per heavy atom. The zero-order valence-electron chi connectivity index (χ0n) is 17.3. The van der Waals surface area contributed by atoms with Crippen molar-refractivity contribution in [1.29, 1.82) is 0 Å². The Morgan fingerprint density at radius 2 is 1.87 bits per heavy atom. The van der Waals surface area contributed by atoms with Gasteiger partial charge in [0.15, 0.2) is 0 Å². The summed E-state index contributed by atoms with van der Waals surface area (Å²) < 4.78 is 16.5. The van der Waals surface area contributed by atoms with Crippen molar-refractivity contribution < 1.29 is 18.7 Å². The number of oxazole rings is 1. The van der Waals surface area contributed by atoms with Crippen LogP contribution in [-0.4, -0.2) is 22.5 Å². The van der Waals surface area contributed by atoms with Crippen LogP contribution in [0.3, 0.4) is 0 Å². The summed E-state index contributed by atoms with van der Waals surface area (Å²) in [6.07, 6.45) is 1.60. The van der Waals surface area contributed by atoms with Gasteiger partial charge in [-0.05, 0) is 38.1 Å². The molecule has 0 bridgehead atoms. The molecule has 0 atom stereocenters. The maximum absolute atomic E-state index is 12.3. The highest BCUT2D eigenvalue weighted by Crippen LogP contribution is 2.32. The summed E-state index contributed by atoms with van der Waals surface area (Å²) in [5.41, 5.74) is 4.19. The molecule has 0 aliphatic carbocycles. The summed E-state index contributed by atoms with van der Waals surface area (Å²) in [4.78, 5) is 21.2. The SMILES string of the molecule is CCOc1ccccc1-c1nc(CC(=O)OCc2coc(-c3ccc(C)cc3)n2)cs1. The second-order valence-corrected chi connectivity index (χ2v) is 7.78. The molecule has 7 heteroatoms. The third-order valence-corrected chi connectivity index (χ3v) is 5.45. The summed E-state index contributed by atoms with van der Waals surface area (Å²) in [6, 6.07) is 15.6. The quantitative estimate of drug-likeness (QED) is 0.343. The molecule has 2 aromatic carbocycles. The van der Waals surface area contributed by atoms with Crippen LogP contribution in [0.1, 0.15) is 23.9 Å². The number of carbonyl (C=O) groups is 1. The van der Waals surface area contributed by atoms with Gasteiger partial charge in [0.2, 0.25) is 5.89 Å². The van der Waals surface area contributed by atoms with Crippen LogP contribution < -0.4 is 4.74 Å². The number of para-hydroxylation sites is 1. The largest absolute Gasteiger partial charge is 0.493 e. The van der Waals surface area contributed by atoms with Crippen LogP contribution in [0, 0.1) is 6.92 Å². The molecule has 0 unspecified atom stereocenters. The second-order valence-electron chi connectivity index (χ2n) is 6.92. The number of aromatic nitrogens is 2. The van der Waals surface area contributed by atoms with Crippen molar-refractivity contribution in [1.82, 2.24) is 9.97 Å². The third-order valence-electron chi connectivity index (χ3n) is 4.53. The van der Waals surface area contributed by atoms with Crippen LogP contribution in [0.2, 0.25) is 0 Å². The van der Waals surface area contributed by atoms with E-state index in [0.717, 1.165) is 27.4 Å². The first kappa shape index (κ1) is 20.8. The molecule has 4 aromatic rings. The standard InChI is InChI=1S/C24H22N2O4S/c1-3-28-21-7-5-4-6-20(21)24-26-18(15-31-24)12-22(27)29-13-19-14-30-23(25-19)17-10-8-16(2)9-11-17/h4-11,14-15H,3,12-13H2,1-2H3. The molecule has 0 radical (unpaired) electrons. The molecule has 0 aliphatic heterocycles. The first-order valence-corrected chi connectivity index (χ1v) is 10.8. The summed E-state index contributed by atoms with van der Waals surface area (Å²) in [7, 11) is 0. The Labute approximate surface area is 184 Å². The van der Waals surface area contributed by atoms with Crippen molar-refractivity contribution in [2.75, 3.05) is 6.61 Å². The van der Waals surface area contributed by atoms with Gasteiger partial charge in [0.05, 0.1) is 24.3 Å². The number of hydrogen-bond acceptors (Lipinski definition) is 7. The van der Waals surface area contributed by atoms with Crippen molar-refractivity contribution in [3.05, 3.63) is 77.1 Å². The van der Waals surface area contributed by atoms with Crippen LogP contribution >= 0.6 is 11.3 Å². The lowest BCUT2D eigenvalue weighted by molar-refractivity contribution is -0.144. The first-order valence-electron chi connectivity index (χ1n) is 9.96. The summed E-state index contributed by atoms with van der Waals surface area (Å²) in [5, 5.41) is 2.68. The van der Waals surface area contributed by atoms with Crippen LogP contribution in [0.4, 0.5) is 0 Å². The summed E-state index contributed by atoms with van der Waals surface area (Å²) in [6.45, 7) is 4.60. The molecule has 158 valence electrons.